The molecule has 0 aliphatic rings. The Hall–Kier alpha value is -2.34. The SMILES string of the molecule is CCOC=Nc1c(C#N)c(CC#N)nn1C. The van der Waals surface area contributed by atoms with E-state index in [-0.39, 0.29) is 6.42 Å². The first-order valence-corrected chi connectivity index (χ1v) is 4.71. The van der Waals surface area contributed by atoms with Crippen LogP contribution in [0, 0.1) is 22.7 Å². The van der Waals surface area contributed by atoms with Gasteiger partial charge in [0.25, 0.3) is 0 Å². The number of rotatable bonds is 4. The smallest absolute Gasteiger partial charge is 0.176 e. The van der Waals surface area contributed by atoms with E-state index in [1.54, 1.807) is 7.05 Å². The number of aromatic nitrogens is 2. The molecule has 0 fully saturated rings. The van der Waals surface area contributed by atoms with Crippen molar-refractivity contribution in [3.8, 4) is 12.1 Å². The van der Waals surface area contributed by atoms with Gasteiger partial charge in [0.05, 0.1) is 24.8 Å². The van der Waals surface area contributed by atoms with Crippen LogP contribution in [0.2, 0.25) is 0 Å². The summed E-state index contributed by atoms with van der Waals surface area (Å²) < 4.78 is 6.41. The van der Waals surface area contributed by atoms with Crippen LogP contribution in [0.1, 0.15) is 18.2 Å². The maximum absolute atomic E-state index is 8.97. The fourth-order valence-corrected chi connectivity index (χ4v) is 1.19. The van der Waals surface area contributed by atoms with Gasteiger partial charge in [-0.15, -0.1) is 0 Å². The molecule has 0 aromatic carbocycles. The zero-order valence-corrected chi connectivity index (χ0v) is 9.14. The molecule has 0 saturated carbocycles. The molecule has 0 saturated heterocycles. The van der Waals surface area contributed by atoms with Crippen molar-refractivity contribution in [1.29, 1.82) is 10.5 Å². The van der Waals surface area contributed by atoms with E-state index in [2.05, 4.69) is 10.1 Å². The molecule has 0 amide bonds. The Kier molecular flexibility index (Phi) is 4.05. The minimum absolute atomic E-state index is 0.0981. The Labute approximate surface area is 93.4 Å². The third-order valence-corrected chi connectivity index (χ3v) is 1.86. The molecule has 0 unspecified atom stereocenters. The fourth-order valence-electron chi connectivity index (χ4n) is 1.19. The summed E-state index contributed by atoms with van der Waals surface area (Å²) in [6, 6.07) is 3.95. The van der Waals surface area contributed by atoms with Crippen molar-refractivity contribution in [3.05, 3.63) is 11.3 Å². The molecular formula is C10H11N5O. The minimum atomic E-state index is 0.0981. The molecule has 1 heterocycles. The van der Waals surface area contributed by atoms with Crippen LogP contribution in [-0.4, -0.2) is 22.8 Å². The fraction of sp³-hybridized carbons (Fsp3) is 0.400. The van der Waals surface area contributed by atoms with Crippen molar-refractivity contribution < 1.29 is 4.74 Å². The van der Waals surface area contributed by atoms with Gasteiger partial charge >= 0.3 is 0 Å². The van der Waals surface area contributed by atoms with E-state index < -0.39 is 0 Å². The van der Waals surface area contributed by atoms with E-state index in [0.717, 1.165) is 0 Å². The lowest BCUT2D eigenvalue weighted by atomic mass is 10.2. The first kappa shape index (κ1) is 11.7. The number of aryl methyl sites for hydroxylation is 1. The van der Waals surface area contributed by atoms with Gasteiger partial charge in [-0.05, 0) is 6.92 Å². The third kappa shape index (κ3) is 2.37. The van der Waals surface area contributed by atoms with Crippen molar-refractivity contribution in [2.75, 3.05) is 6.61 Å². The lowest BCUT2D eigenvalue weighted by Gasteiger charge is -1.94. The van der Waals surface area contributed by atoms with E-state index in [9.17, 15) is 0 Å². The molecule has 0 bridgehead atoms. The van der Waals surface area contributed by atoms with Gasteiger partial charge in [0.15, 0.2) is 12.2 Å². The molecular weight excluding hydrogens is 206 g/mol. The second kappa shape index (κ2) is 5.52. The van der Waals surface area contributed by atoms with E-state index in [0.29, 0.717) is 23.7 Å². The molecule has 0 atom stereocenters. The number of hydrogen-bond acceptors (Lipinski definition) is 5. The Morgan fingerprint density at radius 1 is 1.56 bits per heavy atom. The van der Waals surface area contributed by atoms with Crippen LogP contribution in [0.3, 0.4) is 0 Å². The van der Waals surface area contributed by atoms with Crippen LogP contribution in [-0.2, 0) is 18.2 Å². The quantitative estimate of drug-likeness (QED) is 0.557. The summed E-state index contributed by atoms with van der Waals surface area (Å²) in [6.45, 7) is 2.34. The average Bonchev–Trinajstić information content (AvgIpc) is 2.56. The van der Waals surface area contributed by atoms with Crippen LogP contribution >= 0.6 is 0 Å². The summed E-state index contributed by atoms with van der Waals surface area (Å²) in [6.07, 6.45) is 1.37. The molecule has 16 heavy (non-hydrogen) atoms. The normalized spacial score (nSPS) is 10.0. The minimum Gasteiger partial charge on any atom is -0.483 e. The number of hydrogen-bond donors (Lipinski definition) is 0. The molecule has 6 nitrogen and oxygen atoms in total. The zero-order valence-electron chi connectivity index (χ0n) is 9.14. The summed E-state index contributed by atoms with van der Waals surface area (Å²) in [5.74, 6) is 0.404. The monoisotopic (exact) mass is 217 g/mol. The van der Waals surface area contributed by atoms with E-state index >= 15 is 0 Å². The molecule has 0 N–H and O–H groups in total. The Morgan fingerprint density at radius 3 is 2.88 bits per heavy atom. The summed E-state index contributed by atoms with van der Waals surface area (Å²) in [5.41, 5.74) is 0.760. The predicted molar refractivity (Wildman–Crippen MR) is 57.0 cm³/mol. The summed E-state index contributed by atoms with van der Waals surface area (Å²) >= 11 is 0. The second-order valence-corrected chi connectivity index (χ2v) is 2.91. The van der Waals surface area contributed by atoms with Crippen LogP contribution in [0.4, 0.5) is 5.82 Å². The van der Waals surface area contributed by atoms with Gasteiger partial charge in [0, 0.05) is 7.05 Å². The van der Waals surface area contributed by atoms with Gasteiger partial charge in [-0.2, -0.15) is 20.6 Å². The largest absolute Gasteiger partial charge is 0.483 e. The molecule has 0 spiro atoms. The van der Waals surface area contributed by atoms with Crippen molar-refractivity contribution >= 4 is 12.2 Å². The highest BCUT2D eigenvalue weighted by Gasteiger charge is 2.14. The predicted octanol–water partition coefficient (Wildman–Crippen LogP) is 1.05. The van der Waals surface area contributed by atoms with Gasteiger partial charge < -0.3 is 4.74 Å². The number of nitriles is 2. The number of nitrogens with zero attached hydrogens (tertiary/aromatic N) is 5. The average molecular weight is 217 g/mol. The van der Waals surface area contributed by atoms with Crippen molar-refractivity contribution in [2.45, 2.75) is 13.3 Å². The van der Waals surface area contributed by atoms with Crippen LogP contribution in [0.15, 0.2) is 4.99 Å². The highest BCUT2D eigenvalue weighted by atomic mass is 16.5. The van der Waals surface area contributed by atoms with Crippen LogP contribution < -0.4 is 0 Å². The molecule has 0 aliphatic carbocycles. The van der Waals surface area contributed by atoms with E-state index in [4.69, 9.17) is 15.3 Å². The number of ether oxygens (including phenoxy) is 1. The highest BCUT2D eigenvalue weighted by Crippen LogP contribution is 2.21. The van der Waals surface area contributed by atoms with Gasteiger partial charge in [0.1, 0.15) is 11.6 Å². The second-order valence-electron chi connectivity index (χ2n) is 2.91. The van der Waals surface area contributed by atoms with Crippen molar-refractivity contribution in [1.82, 2.24) is 9.78 Å². The molecule has 0 radical (unpaired) electrons. The highest BCUT2D eigenvalue weighted by molar-refractivity contribution is 5.60. The Bertz CT molecular complexity index is 475. The molecule has 1 aromatic heterocycles. The van der Waals surface area contributed by atoms with Gasteiger partial charge in [-0.3, -0.25) is 0 Å². The third-order valence-electron chi connectivity index (χ3n) is 1.86. The first-order valence-electron chi connectivity index (χ1n) is 4.71. The van der Waals surface area contributed by atoms with Crippen LogP contribution in [0.25, 0.3) is 0 Å². The molecule has 0 aliphatic heterocycles. The summed E-state index contributed by atoms with van der Waals surface area (Å²) in [4.78, 5) is 3.99. The zero-order chi connectivity index (χ0) is 12.0. The molecule has 1 aromatic rings. The van der Waals surface area contributed by atoms with Crippen LogP contribution in [0.5, 0.6) is 0 Å². The molecule has 1 rings (SSSR count). The first-order chi connectivity index (χ1) is 7.74. The standard InChI is InChI=1S/C10H11N5O/c1-3-16-7-13-10-8(6-12)9(4-5-11)14-15(10)2/h7H,3-4H2,1-2H3. The molecule has 6 heteroatoms. The Morgan fingerprint density at radius 2 is 2.31 bits per heavy atom. The van der Waals surface area contributed by atoms with Crippen molar-refractivity contribution in [2.24, 2.45) is 12.0 Å². The lowest BCUT2D eigenvalue weighted by molar-refractivity contribution is 0.343. The number of aliphatic imine (C=N–C) groups is 1. The van der Waals surface area contributed by atoms with Crippen molar-refractivity contribution in [3.63, 3.8) is 0 Å². The maximum Gasteiger partial charge on any atom is 0.176 e. The van der Waals surface area contributed by atoms with E-state index in [1.165, 1.54) is 11.1 Å². The maximum atomic E-state index is 8.97. The van der Waals surface area contributed by atoms with E-state index in [1.807, 2.05) is 19.1 Å². The summed E-state index contributed by atoms with van der Waals surface area (Å²) in [7, 11) is 1.67. The van der Waals surface area contributed by atoms with Gasteiger partial charge in [0.2, 0.25) is 0 Å². The Balaban J connectivity index is 3.09. The molecule has 82 valence electrons. The van der Waals surface area contributed by atoms with Gasteiger partial charge in [-0.1, -0.05) is 0 Å². The lowest BCUT2D eigenvalue weighted by Crippen LogP contribution is -1.92. The summed E-state index contributed by atoms with van der Waals surface area (Å²) in [5, 5.41) is 21.6. The topological polar surface area (TPSA) is 87.0 Å². The van der Waals surface area contributed by atoms with Gasteiger partial charge in [-0.25, -0.2) is 4.68 Å².